The smallest absolute Gasteiger partial charge is 0.256 e. The van der Waals surface area contributed by atoms with Crippen molar-refractivity contribution in [1.82, 2.24) is 14.2 Å². The van der Waals surface area contributed by atoms with Gasteiger partial charge in [0, 0.05) is 45.3 Å². The SMILES string of the molecule is CN(C)S(=O)(=O)c1ccc(Nc2ccncc2)c(C(=O)N2CCCCC2)c1. The number of rotatable bonds is 5. The molecular formula is C19H24N4O3S. The highest BCUT2D eigenvalue weighted by Crippen LogP contribution is 2.27. The third-order valence-electron chi connectivity index (χ3n) is 4.60. The zero-order valence-electron chi connectivity index (χ0n) is 15.6. The van der Waals surface area contributed by atoms with E-state index in [9.17, 15) is 13.2 Å². The number of piperidine rings is 1. The van der Waals surface area contributed by atoms with E-state index in [4.69, 9.17) is 0 Å². The molecule has 0 unspecified atom stereocenters. The number of amides is 1. The van der Waals surface area contributed by atoms with Crippen LogP contribution in [0.1, 0.15) is 29.6 Å². The van der Waals surface area contributed by atoms with Gasteiger partial charge in [-0.3, -0.25) is 9.78 Å². The van der Waals surface area contributed by atoms with E-state index in [-0.39, 0.29) is 10.8 Å². The first kappa shape index (κ1) is 19.3. The Hall–Kier alpha value is -2.45. The second-order valence-electron chi connectivity index (χ2n) is 6.71. The Bertz CT molecular complexity index is 908. The number of nitrogens with zero attached hydrogens (tertiary/aromatic N) is 3. The van der Waals surface area contributed by atoms with Crippen LogP contribution in [-0.2, 0) is 10.0 Å². The molecule has 8 heteroatoms. The van der Waals surface area contributed by atoms with E-state index in [2.05, 4.69) is 10.3 Å². The molecule has 1 aromatic heterocycles. The average Bonchev–Trinajstić information content (AvgIpc) is 2.69. The molecular weight excluding hydrogens is 364 g/mol. The van der Waals surface area contributed by atoms with Gasteiger partial charge < -0.3 is 10.2 Å². The fourth-order valence-electron chi connectivity index (χ4n) is 3.04. The Morgan fingerprint density at radius 1 is 1.07 bits per heavy atom. The van der Waals surface area contributed by atoms with Gasteiger partial charge in [-0.1, -0.05) is 0 Å². The lowest BCUT2D eigenvalue weighted by Gasteiger charge is -2.28. The molecule has 0 atom stereocenters. The van der Waals surface area contributed by atoms with Crippen molar-refractivity contribution < 1.29 is 13.2 Å². The maximum Gasteiger partial charge on any atom is 0.256 e. The minimum absolute atomic E-state index is 0.105. The van der Waals surface area contributed by atoms with Crippen molar-refractivity contribution >= 4 is 27.3 Å². The summed E-state index contributed by atoms with van der Waals surface area (Å²) in [6, 6.07) is 8.22. The summed E-state index contributed by atoms with van der Waals surface area (Å²) in [7, 11) is -0.675. The molecule has 144 valence electrons. The normalized spacial score (nSPS) is 15.0. The van der Waals surface area contributed by atoms with Crippen molar-refractivity contribution in [2.75, 3.05) is 32.5 Å². The average molecular weight is 388 g/mol. The second-order valence-corrected chi connectivity index (χ2v) is 8.86. The summed E-state index contributed by atoms with van der Waals surface area (Å²) >= 11 is 0. The molecule has 0 saturated carbocycles. The number of aromatic nitrogens is 1. The molecule has 1 aliphatic heterocycles. The van der Waals surface area contributed by atoms with E-state index >= 15 is 0 Å². The minimum atomic E-state index is -3.63. The highest BCUT2D eigenvalue weighted by atomic mass is 32.2. The number of carbonyl (C=O) groups excluding carboxylic acids is 1. The third-order valence-corrected chi connectivity index (χ3v) is 6.41. The maximum absolute atomic E-state index is 13.1. The van der Waals surface area contributed by atoms with Crippen LogP contribution < -0.4 is 5.32 Å². The van der Waals surface area contributed by atoms with Crippen LogP contribution in [-0.4, -0.2) is 55.7 Å². The summed E-state index contributed by atoms with van der Waals surface area (Å²) in [5.41, 5.74) is 1.71. The zero-order chi connectivity index (χ0) is 19.4. The van der Waals surface area contributed by atoms with Crippen molar-refractivity contribution in [2.45, 2.75) is 24.2 Å². The third kappa shape index (κ3) is 4.28. The van der Waals surface area contributed by atoms with Gasteiger partial charge in [0.15, 0.2) is 0 Å². The Balaban J connectivity index is 2.02. The Morgan fingerprint density at radius 2 is 1.74 bits per heavy atom. The van der Waals surface area contributed by atoms with Gasteiger partial charge in [0.05, 0.1) is 16.1 Å². The molecule has 0 spiro atoms. The molecule has 0 aliphatic carbocycles. The summed E-state index contributed by atoms with van der Waals surface area (Å²) < 4.78 is 26.2. The number of carbonyl (C=O) groups is 1. The van der Waals surface area contributed by atoms with Gasteiger partial charge in [-0.15, -0.1) is 0 Å². The lowest BCUT2D eigenvalue weighted by Crippen LogP contribution is -2.36. The maximum atomic E-state index is 13.1. The van der Waals surface area contributed by atoms with Gasteiger partial charge >= 0.3 is 0 Å². The number of benzene rings is 1. The van der Waals surface area contributed by atoms with E-state index in [1.165, 1.54) is 26.2 Å². The largest absolute Gasteiger partial charge is 0.355 e. The lowest BCUT2D eigenvalue weighted by molar-refractivity contribution is 0.0725. The first-order valence-electron chi connectivity index (χ1n) is 8.92. The van der Waals surface area contributed by atoms with Crippen LogP contribution in [0.3, 0.4) is 0 Å². The monoisotopic (exact) mass is 388 g/mol. The molecule has 2 heterocycles. The number of nitrogens with one attached hydrogen (secondary N) is 1. The number of pyridine rings is 1. The van der Waals surface area contributed by atoms with Gasteiger partial charge in [-0.2, -0.15) is 0 Å². The topological polar surface area (TPSA) is 82.6 Å². The standard InChI is InChI=1S/C19H24N4O3S/c1-22(2)27(25,26)16-6-7-18(21-15-8-10-20-11-9-15)17(14-16)19(24)23-12-4-3-5-13-23/h6-11,14H,3-5,12-13H2,1-2H3,(H,20,21). The van der Waals surface area contributed by atoms with Crippen LogP contribution >= 0.6 is 0 Å². The molecule has 0 radical (unpaired) electrons. The summed E-state index contributed by atoms with van der Waals surface area (Å²) in [4.78, 5) is 19.0. The van der Waals surface area contributed by atoms with Gasteiger partial charge in [0.25, 0.3) is 5.91 Å². The van der Waals surface area contributed by atoms with Crippen LogP contribution in [0.25, 0.3) is 0 Å². The Kier molecular flexibility index (Phi) is 5.76. The van der Waals surface area contributed by atoms with Gasteiger partial charge in [0.2, 0.25) is 10.0 Å². The van der Waals surface area contributed by atoms with Crippen LogP contribution in [0.2, 0.25) is 0 Å². The van der Waals surface area contributed by atoms with Gasteiger partial charge in [-0.25, -0.2) is 12.7 Å². The van der Waals surface area contributed by atoms with E-state index in [1.807, 2.05) is 0 Å². The zero-order valence-corrected chi connectivity index (χ0v) is 16.4. The second kappa shape index (κ2) is 8.06. The van der Waals surface area contributed by atoms with Crippen LogP contribution in [0.5, 0.6) is 0 Å². The first-order valence-corrected chi connectivity index (χ1v) is 10.4. The van der Waals surface area contributed by atoms with Crippen LogP contribution in [0.4, 0.5) is 11.4 Å². The van der Waals surface area contributed by atoms with E-state index in [0.29, 0.717) is 24.3 Å². The van der Waals surface area contributed by atoms with Gasteiger partial charge in [-0.05, 0) is 49.6 Å². The summed E-state index contributed by atoms with van der Waals surface area (Å²) in [5, 5.41) is 3.20. The molecule has 1 amide bonds. The first-order chi connectivity index (χ1) is 12.9. The van der Waals surface area contributed by atoms with Crippen molar-refractivity contribution in [1.29, 1.82) is 0 Å². The number of hydrogen-bond acceptors (Lipinski definition) is 5. The van der Waals surface area contributed by atoms with Crippen molar-refractivity contribution in [3.63, 3.8) is 0 Å². The molecule has 2 aromatic rings. The number of hydrogen-bond donors (Lipinski definition) is 1. The number of likely N-dealkylation sites (tertiary alicyclic amines) is 1. The van der Waals surface area contributed by atoms with Crippen LogP contribution in [0.15, 0.2) is 47.6 Å². The van der Waals surface area contributed by atoms with E-state index in [1.54, 1.807) is 35.5 Å². The summed E-state index contributed by atoms with van der Waals surface area (Å²) in [5.74, 6) is -0.151. The Labute approximate surface area is 160 Å². The molecule has 1 aromatic carbocycles. The molecule has 1 aliphatic rings. The molecule has 1 N–H and O–H groups in total. The molecule has 1 saturated heterocycles. The lowest BCUT2D eigenvalue weighted by atomic mass is 10.1. The number of sulfonamides is 1. The van der Waals surface area contributed by atoms with Crippen LogP contribution in [0, 0.1) is 0 Å². The van der Waals surface area contributed by atoms with Crippen molar-refractivity contribution in [3.8, 4) is 0 Å². The molecule has 0 bridgehead atoms. The summed E-state index contributed by atoms with van der Waals surface area (Å²) in [6.45, 7) is 1.39. The summed E-state index contributed by atoms with van der Waals surface area (Å²) in [6.07, 6.45) is 6.35. The molecule has 27 heavy (non-hydrogen) atoms. The number of anilines is 2. The highest BCUT2D eigenvalue weighted by Gasteiger charge is 2.25. The quantitative estimate of drug-likeness (QED) is 0.852. The fraction of sp³-hybridized carbons (Fsp3) is 0.368. The Morgan fingerprint density at radius 3 is 2.37 bits per heavy atom. The fourth-order valence-corrected chi connectivity index (χ4v) is 3.97. The predicted molar refractivity (Wildman–Crippen MR) is 105 cm³/mol. The highest BCUT2D eigenvalue weighted by molar-refractivity contribution is 7.89. The predicted octanol–water partition coefficient (Wildman–Crippen LogP) is 2.70. The minimum Gasteiger partial charge on any atom is -0.355 e. The van der Waals surface area contributed by atoms with Gasteiger partial charge in [0.1, 0.15) is 0 Å². The van der Waals surface area contributed by atoms with E-state index < -0.39 is 10.0 Å². The van der Waals surface area contributed by atoms with Crippen molar-refractivity contribution in [2.24, 2.45) is 0 Å². The van der Waals surface area contributed by atoms with E-state index in [0.717, 1.165) is 29.3 Å². The molecule has 7 nitrogen and oxygen atoms in total. The molecule has 1 fully saturated rings. The molecule has 3 rings (SSSR count). The van der Waals surface area contributed by atoms with Crippen molar-refractivity contribution in [3.05, 3.63) is 48.3 Å².